The first kappa shape index (κ1) is 21.1. The lowest BCUT2D eigenvalue weighted by atomic mass is 9.97. The van der Waals surface area contributed by atoms with Crippen LogP contribution in [-0.2, 0) is 22.6 Å². The van der Waals surface area contributed by atoms with Gasteiger partial charge in [0.1, 0.15) is 0 Å². The summed E-state index contributed by atoms with van der Waals surface area (Å²) < 4.78 is 0. The topological polar surface area (TPSA) is 61.4 Å². The Labute approximate surface area is 182 Å². The minimum Gasteiger partial charge on any atom is -0.346 e. The van der Waals surface area contributed by atoms with Crippen molar-refractivity contribution in [2.75, 3.05) is 13.1 Å². The second-order valence-electron chi connectivity index (χ2n) is 8.43. The quantitative estimate of drug-likeness (QED) is 0.566. The van der Waals surface area contributed by atoms with Gasteiger partial charge in [-0.3, -0.25) is 14.5 Å². The van der Waals surface area contributed by atoms with E-state index in [1.54, 1.807) is 11.3 Å². The zero-order valence-corrected chi connectivity index (χ0v) is 18.3. The summed E-state index contributed by atoms with van der Waals surface area (Å²) in [5.41, 5.74) is 3.95. The number of amides is 2. The van der Waals surface area contributed by atoms with Gasteiger partial charge in [-0.25, -0.2) is 0 Å². The molecular formula is C24H31N3O2S. The molecule has 1 aliphatic heterocycles. The SMILES string of the molecule is O=C(NCC(c1ccsc1)N1CCc2ccccc2C1)C(=O)NC1CCCCCC1. The monoisotopic (exact) mass is 425 g/mol. The van der Waals surface area contributed by atoms with Crippen LogP contribution in [0.3, 0.4) is 0 Å². The number of nitrogens with one attached hydrogen (secondary N) is 2. The maximum absolute atomic E-state index is 12.5. The van der Waals surface area contributed by atoms with E-state index in [0.717, 1.165) is 45.2 Å². The van der Waals surface area contributed by atoms with E-state index in [9.17, 15) is 9.59 Å². The lowest BCUT2D eigenvalue weighted by Crippen LogP contribution is -2.47. The zero-order valence-electron chi connectivity index (χ0n) is 17.4. The van der Waals surface area contributed by atoms with E-state index in [2.05, 4.69) is 56.6 Å². The lowest BCUT2D eigenvalue weighted by molar-refractivity contribution is -0.139. The molecule has 0 saturated heterocycles. The molecule has 1 unspecified atom stereocenters. The molecule has 1 aromatic heterocycles. The van der Waals surface area contributed by atoms with Gasteiger partial charge in [0.2, 0.25) is 0 Å². The van der Waals surface area contributed by atoms with Crippen molar-refractivity contribution in [3.05, 3.63) is 57.8 Å². The number of hydrogen-bond donors (Lipinski definition) is 2. The molecule has 2 amide bonds. The van der Waals surface area contributed by atoms with E-state index in [1.807, 2.05) is 0 Å². The molecule has 2 N–H and O–H groups in total. The third-order valence-corrected chi connectivity index (χ3v) is 7.08. The average Bonchev–Trinajstić information content (AvgIpc) is 3.18. The van der Waals surface area contributed by atoms with Crippen LogP contribution in [0.4, 0.5) is 0 Å². The van der Waals surface area contributed by atoms with Crippen molar-refractivity contribution in [2.45, 2.75) is 63.6 Å². The third kappa shape index (κ3) is 5.29. The highest BCUT2D eigenvalue weighted by Gasteiger charge is 2.27. The summed E-state index contributed by atoms with van der Waals surface area (Å²) in [5, 5.41) is 10.1. The summed E-state index contributed by atoms with van der Waals surface area (Å²) >= 11 is 1.66. The van der Waals surface area contributed by atoms with Crippen LogP contribution in [0.25, 0.3) is 0 Å². The molecule has 5 nitrogen and oxygen atoms in total. The number of hydrogen-bond acceptors (Lipinski definition) is 4. The Balaban J connectivity index is 1.37. The molecule has 6 heteroatoms. The second-order valence-corrected chi connectivity index (χ2v) is 9.21. The minimum atomic E-state index is -0.517. The van der Waals surface area contributed by atoms with E-state index in [4.69, 9.17) is 0 Å². The van der Waals surface area contributed by atoms with E-state index < -0.39 is 11.8 Å². The van der Waals surface area contributed by atoms with E-state index in [1.165, 1.54) is 29.5 Å². The molecule has 2 aromatic rings. The van der Waals surface area contributed by atoms with Crippen molar-refractivity contribution in [1.82, 2.24) is 15.5 Å². The Kier molecular flexibility index (Phi) is 7.18. The molecule has 160 valence electrons. The number of rotatable bonds is 5. The predicted octanol–water partition coefficient (Wildman–Crippen LogP) is 3.80. The molecule has 0 radical (unpaired) electrons. The van der Waals surface area contributed by atoms with Gasteiger partial charge in [-0.15, -0.1) is 0 Å². The highest BCUT2D eigenvalue weighted by Crippen LogP contribution is 2.28. The third-order valence-electron chi connectivity index (χ3n) is 6.38. The molecule has 1 fully saturated rings. The van der Waals surface area contributed by atoms with Gasteiger partial charge in [0.25, 0.3) is 0 Å². The number of nitrogens with zero attached hydrogens (tertiary/aromatic N) is 1. The first-order valence-corrected chi connectivity index (χ1v) is 12.1. The van der Waals surface area contributed by atoms with Crippen molar-refractivity contribution in [3.8, 4) is 0 Å². The Hall–Kier alpha value is -2.18. The summed E-state index contributed by atoms with van der Waals surface area (Å²) in [6.07, 6.45) is 7.66. The van der Waals surface area contributed by atoms with Crippen LogP contribution >= 0.6 is 11.3 Å². The summed E-state index contributed by atoms with van der Waals surface area (Å²) in [4.78, 5) is 27.4. The Bertz CT molecular complexity index is 844. The molecule has 1 aromatic carbocycles. The van der Waals surface area contributed by atoms with Crippen LogP contribution in [0.15, 0.2) is 41.1 Å². The molecule has 30 heavy (non-hydrogen) atoms. The van der Waals surface area contributed by atoms with E-state index in [-0.39, 0.29) is 12.1 Å². The molecule has 2 aliphatic rings. The minimum absolute atomic E-state index is 0.0687. The van der Waals surface area contributed by atoms with Crippen LogP contribution in [0.2, 0.25) is 0 Å². The van der Waals surface area contributed by atoms with E-state index >= 15 is 0 Å². The maximum Gasteiger partial charge on any atom is 0.309 e. The number of thiophene rings is 1. The highest BCUT2D eigenvalue weighted by atomic mass is 32.1. The van der Waals surface area contributed by atoms with Crippen LogP contribution in [0.5, 0.6) is 0 Å². The lowest BCUT2D eigenvalue weighted by Gasteiger charge is -2.35. The predicted molar refractivity (Wildman–Crippen MR) is 120 cm³/mol. The van der Waals surface area contributed by atoms with E-state index in [0.29, 0.717) is 6.54 Å². The first-order chi connectivity index (χ1) is 14.7. The molecule has 0 bridgehead atoms. The summed E-state index contributed by atoms with van der Waals surface area (Å²) in [6.45, 7) is 2.25. The normalized spacial score (nSPS) is 18.8. The van der Waals surface area contributed by atoms with Gasteiger partial charge < -0.3 is 10.6 Å². The standard InChI is InChI=1S/C24H31N3O2S/c28-23(24(29)26-21-9-3-1-2-4-10-21)25-15-22(20-12-14-30-17-20)27-13-11-18-7-5-6-8-19(18)16-27/h5-8,12,14,17,21-22H,1-4,9-11,13,15-16H2,(H,25,28)(H,26,29). The maximum atomic E-state index is 12.5. The summed E-state index contributed by atoms with van der Waals surface area (Å²) in [6, 6.07) is 10.9. The fraction of sp³-hybridized carbons (Fsp3) is 0.500. The summed E-state index contributed by atoms with van der Waals surface area (Å²) in [7, 11) is 0. The molecule has 1 atom stereocenters. The van der Waals surface area contributed by atoms with Crippen LogP contribution < -0.4 is 10.6 Å². The number of benzene rings is 1. The smallest absolute Gasteiger partial charge is 0.309 e. The van der Waals surface area contributed by atoms with Gasteiger partial charge in [-0.1, -0.05) is 49.9 Å². The Morgan fingerprint density at radius 3 is 2.53 bits per heavy atom. The number of carbonyl (C=O) groups excluding carboxylic acids is 2. The van der Waals surface area contributed by atoms with Crippen molar-refractivity contribution in [1.29, 1.82) is 0 Å². The van der Waals surface area contributed by atoms with Crippen molar-refractivity contribution >= 4 is 23.2 Å². The summed E-state index contributed by atoms with van der Waals surface area (Å²) in [5.74, 6) is -1.01. The van der Waals surface area contributed by atoms with Crippen LogP contribution in [0.1, 0.15) is 61.3 Å². The van der Waals surface area contributed by atoms with Gasteiger partial charge in [0.05, 0.1) is 6.04 Å². The fourth-order valence-electron chi connectivity index (χ4n) is 4.65. The van der Waals surface area contributed by atoms with Crippen LogP contribution in [0, 0.1) is 0 Å². The molecule has 4 rings (SSSR count). The van der Waals surface area contributed by atoms with Gasteiger partial charge in [0.15, 0.2) is 0 Å². The zero-order chi connectivity index (χ0) is 20.8. The molecule has 1 aliphatic carbocycles. The van der Waals surface area contributed by atoms with Crippen molar-refractivity contribution < 1.29 is 9.59 Å². The number of carbonyl (C=O) groups is 2. The number of fused-ring (bicyclic) bond motifs is 1. The van der Waals surface area contributed by atoms with Crippen LogP contribution in [-0.4, -0.2) is 35.8 Å². The Morgan fingerprint density at radius 2 is 1.80 bits per heavy atom. The molecule has 0 spiro atoms. The molecule has 1 saturated carbocycles. The van der Waals surface area contributed by atoms with Crippen molar-refractivity contribution in [3.63, 3.8) is 0 Å². The van der Waals surface area contributed by atoms with Gasteiger partial charge >= 0.3 is 11.8 Å². The molecular weight excluding hydrogens is 394 g/mol. The van der Waals surface area contributed by atoms with Gasteiger partial charge in [0, 0.05) is 25.7 Å². The largest absolute Gasteiger partial charge is 0.346 e. The second kappa shape index (κ2) is 10.2. The molecule has 2 heterocycles. The Morgan fingerprint density at radius 1 is 1.03 bits per heavy atom. The van der Waals surface area contributed by atoms with Crippen molar-refractivity contribution in [2.24, 2.45) is 0 Å². The first-order valence-electron chi connectivity index (χ1n) is 11.1. The average molecular weight is 426 g/mol. The fourth-order valence-corrected chi connectivity index (χ4v) is 5.36. The van der Waals surface area contributed by atoms with Gasteiger partial charge in [-0.2, -0.15) is 11.3 Å². The highest BCUT2D eigenvalue weighted by molar-refractivity contribution is 7.08. The van der Waals surface area contributed by atoms with Gasteiger partial charge in [-0.05, 0) is 52.8 Å².